The highest BCUT2D eigenvalue weighted by atomic mass is 16.4. The van der Waals surface area contributed by atoms with Crippen LogP contribution in [0.2, 0.25) is 0 Å². The number of aromatic carboxylic acids is 1. The van der Waals surface area contributed by atoms with Crippen molar-refractivity contribution in [2.24, 2.45) is 5.92 Å². The second-order valence-electron chi connectivity index (χ2n) is 6.70. The standard InChI is InChI=1S/C16H22N2O2/c1-10(2)9-18-13-8-11(14(19)20)6-7-12(13)17-15(18)16(3,4)5/h6-8,10H,9H2,1-5H3,(H,19,20). The molecule has 108 valence electrons. The van der Waals surface area contributed by atoms with Crippen molar-refractivity contribution in [1.29, 1.82) is 0 Å². The average molecular weight is 274 g/mol. The summed E-state index contributed by atoms with van der Waals surface area (Å²) < 4.78 is 2.16. The van der Waals surface area contributed by atoms with Crippen LogP contribution in [0.3, 0.4) is 0 Å². The van der Waals surface area contributed by atoms with E-state index in [2.05, 4.69) is 39.2 Å². The number of hydrogen-bond acceptors (Lipinski definition) is 2. The first kappa shape index (κ1) is 14.6. The lowest BCUT2D eigenvalue weighted by Crippen LogP contribution is -2.20. The van der Waals surface area contributed by atoms with Crippen LogP contribution in [0.1, 0.15) is 50.8 Å². The summed E-state index contributed by atoms with van der Waals surface area (Å²) in [4.78, 5) is 15.9. The van der Waals surface area contributed by atoms with Crippen molar-refractivity contribution in [2.75, 3.05) is 0 Å². The molecule has 1 aromatic carbocycles. The molecule has 0 aliphatic heterocycles. The van der Waals surface area contributed by atoms with Crippen LogP contribution in [-0.4, -0.2) is 20.6 Å². The fourth-order valence-electron chi connectivity index (χ4n) is 2.38. The molecule has 0 amide bonds. The fraction of sp³-hybridized carbons (Fsp3) is 0.500. The molecule has 1 N–H and O–H groups in total. The third kappa shape index (κ3) is 2.69. The van der Waals surface area contributed by atoms with Crippen LogP contribution < -0.4 is 0 Å². The van der Waals surface area contributed by atoms with Gasteiger partial charge in [-0.05, 0) is 24.1 Å². The van der Waals surface area contributed by atoms with E-state index in [9.17, 15) is 4.79 Å². The topological polar surface area (TPSA) is 55.1 Å². The highest BCUT2D eigenvalue weighted by Gasteiger charge is 2.23. The number of imidazole rings is 1. The van der Waals surface area contributed by atoms with Gasteiger partial charge >= 0.3 is 5.97 Å². The van der Waals surface area contributed by atoms with E-state index in [1.807, 2.05) is 0 Å². The molecule has 0 atom stereocenters. The number of carboxylic acid groups (broad SMARTS) is 1. The lowest BCUT2D eigenvalue weighted by Gasteiger charge is -2.21. The first-order chi connectivity index (χ1) is 9.20. The average Bonchev–Trinajstić information content (AvgIpc) is 2.66. The Labute approximate surface area is 119 Å². The quantitative estimate of drug-likeness (QED) is 0.928. The molecule has 4 heteroatoms. The Balaban J connectivity index is 2.71. The first-order valence-corrected chi connectivity index (χ1v) is 6.94. The molecule has 0 radical (unpaired) electrons. The monoisotopic (exact) mass is 274 g/mol. The normalized spacial score (nSPS) is 12.3. The zero-order valence-corrected chi connectivity index (χ0v) is 12.8. The van der Waals surface area contributed by atoms with E-state index in [1.54, 1.807) is 18.2 Å². The minimum absolute atomic E-state index is 0.0721. The molecular formula is C16H22N2O2. The first-order valence-electron chi connectivity index (χ1n) is 6.94. The Morgan fingerprint density at radius 1 is 1.35 bits per heavy atom. The smallest absolute Gasteiger partial charge is 0.335 e. The highest BCUT2D eigenvalue weighted by molar-refractivity contribution is 5.92. The van der Waals surface area contributed by atoms with Crippen LogP contribution in [0.5, 0.6) is 0 Å². The molecule has 4 nitrogen and oxygen atoms in total. The summed E-state index contributed by atoms with van der Waals surface area (Å²) in [6.45, 7) is 11.5. The summed E-state index contributed by atoms with van der Waals surface area (Å²) in [7, 11) is 0. The van der Waals surface area contributed by atoms with Crippen molar-refractivity contribution in [3.8, 4) is 0 Å². The Bertz CT molecular complexity index is 648. The van der Waals surface area contributed by atoms with E-state index < -0.39 is 5.97 Å². The molecule has 0 aliphatic rings. The van der Waals surface area contributed by atoms with Gasteiger partial charge in [-0.1, -0.05) is 34.6 Å². The van der Waals surface area contributed by atoms with E-state index in [-0.39, 0.29) is 5.41 Å². The maximum atomic E-state index is 11.2. The molecule has 0 saturated heterocycles. The summed E-state index contributed by atoms with van der Waals surface area (Å²) in [5, 5.41) is 9.15. The van der Waals surface area contributed by atoms with Gasteiger partial charge in [0, 0.05) is 12.0 Å². The van der Waals surface area contributed by atoms with Crippen molar-refractivity contribution in [1.82, 2.24) is 9.55 Å². The van der Waals surface area contributed by atoms with E-state index in [1.165, 1.54) is 0 Å². The third-order valence-electron chi connectivity index (χ3n) is 3.21. The number of fused-ring (bicyclic) bond motifs is 1. The van der Waals surface area contributed by atoms with Gasteiger partial charge < -0.3 is 9.67 Å². The van der Waals surface area contributed by atoms with Gasteiger partial charge in [-0.2, -0.15) is 0 Å². The molecule has 2 aromatic rings. The lowest BCUT2D eigenvalue weighted by molar-refractivity contribution is 0.0697. The van der Waals surface area contributed by atoms with Crippen molar-refractivity contribution < 1.29 is 9.90 Å². The molecule has 0 bridgehead atoms. The lowest BCUT2D eigenvalue weighted by atomic mass is 9.95. The Hall–Kier alpha value is -1.84. The number of hydrogen-bond donors (Lipinski definition) is 1. The number of benzene rings is 1. The Morgan fingerprint density at radius 3 is 2.50 bits per heavy atom. The second kappa shape index (κ2) is 4.93. The Kier molecular flexibility index (Phi) is 3.59. The predicted molar refractivity (Wildman–Crippen MR) is 80.2 cm³/mol. The number of carboxylic acids is 1. The van der Waals surface area contributed by atoms with Gasteiger partial charge in [0.1, 0.15) is 5.82 Å². The van der Waals surface area contributed by atoms with Gasteiger partial charge in [-0.3, -0.25) is 0 Å². The van der Waals surface area contributed by atoms with Gasteiger partial charge in [0.15, 0.2) is 0 Å². The molecule has 0 aliphatic carbocycles. The molecule has 20 heavy (non-hydrogen) atoms. The third-order valence-corrected chi connectivity index (χ3v) is 3.21. The largest absolute Gasteiger partial charge is 0.478 e. The molecule has 0 fully saturated rings. The van der Waals surface area contributed by atoms with Crippen LogP contribution >= 0.6 is 0 Å². The molecule has 1 heterocycles. The van der Waals surface area contributed by atoms with E-state index >= 15 is 0 Å². The van der Waals surface area contributed by atoms with Gasteiger partial charge in [0.2, 0.25) is 0 Å². The number of aromatic nitrogens is 2. The molecule has 0 saturated carbocycles. The van der Waals surface area contributed by atoms with E-state index in [0.717, 1.165) is 23.4 Å². The molecule has 2 rings (SSSR count). The summed E-state index contributed by atoms with van der Waals surface area (Å²) >= 11 is 0. The maximum absolute atomic E-state index is 11.2. The summed E-state index contributed by atoms with van der Waals surface area (Å²) in [5.74, 6) is 0.576. The zero-order valence-electron chi connectivity index (χ0n) is 12.8. The molecule has 0 unspecified atom stereocenters. The van der Waals surface area contributed by atoms with Crippen molar-refractivity contribution in [3.63, 3.8) is 0 Å². The number of rotatable bonds is 3. The highest BCUT2D eigenvalue weighted by Crippen LogP contribution is 2.28. The SMILES string of the molecule is CC(C)Cn1c(C(C)(C)C)nc2ccc(C(=O)O)cc21. The van der Waals surface area contributed by atoms with Gasteiger partial charge in [-0.25, -0.2) is 9.78 Å². The number of nitrogens with zero attached hydrogens (tertiary/aromatic N) is 2. The van der Waals surface area contributed by atoms with Crippen molar-refractivity contribution in [2.45, 2.75) is 46.6 Å². The van der Waals surface area contributed by atoms with Crippen LogP contribution in [0.4, 0.5) is 0 Å². The molecule has 0 spiro atoms. The van der Waals surface area contributed by atoms with Crippen molar-refractivity contribution >= 4 is 17.0 Å². The molecular weight excluding hydrogens is 252 g/mol. The van der Waals surface area contributed by atoms with Crippen LogP contribution in [-0.2, 0) is 12.0 Å². The minimum atomic E-state index is -0.901. The van der Waals surface area contributed by atoms with Gasteiger partial charge in [-0.15, -0.1) is 0 Å². The van der Waals surface area contributed by atoms with E-state index in [4.69, 9.17) is 10.1 Å². The van der Waals surface area contributed by atoms with Gasteiger partial charge in [0.25, 0.3) is 0 Å². The van der Waals surface area contributed by atoms with E-state index in [0.29, 0.717) is 11.5 Å². The maximum Gasteiger partial charge on any atom is 0.335 e. The van der Waals surface area contributed by atoms with Crippen LogP contribution in [0, 0.1) is 5.92 Å². The zero-order chi connectivity index (χ0) is 15.1. The van der Waals surface area contributed by atoms with Gasteiger partial charge in [0.05, 0.1) is 16.6 Å². The summed E-state index contributed by atoms with van der Waals surface area (Å²) in [6, 6.07) is 5.14. The summed E-state index contributed by atoms with van der Waals surface area (Å²) in [6.07, 6.45) is 0. The number of carbonyl (C=O) groups is 1. The predicted octanol–water partition coefficient (Wildman–Crippen LogP) is 3.69. The van der Waals surface area contributed by atoms with Crippen molar-refractivity contribution in [3.05, 3.63) is 29.6 Å². The minimum Gasteiger partial charge on any atom is -0.478 e. The Morgan fingerprint density at radius 2 is 2.00 bits per heavy atom. The molecule has 1 aromatic heterocycles. The second-order valence-corrected chi connectivity index (χ2v) is 6.70. The summed E-state index contributed by atoms with van der Waals surface area (Å²) in [5.41, 5.74) is 2.00. The fourth-order valence-corrected chi connectivity index (χ4v) is 2.38. The van der Waals surface area contributed by atoms with Crippen LogP contribution in [0.25, 0.3) is 11.0 Å². The van der Waals surface area contributed by atoms with Crippen LogP contribution in [0.15, 0.2) is 18.2 Å².